The molecular weight excluding hydrogens is 232 g/mol. The summed E-state index contributed by atoms with van der Waals surface area (Å²) in [5.74, 6) is -0.426. The van der Waals surface area contributed by atoms with Crippen molar-refractivity contribution in [2.45, 2.75) is 46.6 Å². The molecule has 1 nitrogen and oxygen atoms in total. The van der Waals surface area contributed by atoms with Gasteiger partial charge in [-0.1, -0.05) is 33.3 Å². The Balaban J connectivity index is 3.08. The fraction of sp³-hybridized carbons (Fsp3) is 0.600. The summed E-state index contributed by atoms with van der Waals surface area (Å²) in [5.41, 5.74) is 0.690. The van der Waals surface area contributed by atoms with E-state index in [2.05, 4.69) is 19.2 Å². The predicted octanol–water partition coefficient (Wildman–Crippen LogP) is 4.36. The van der Waals surface area contributed by atoms with Crippen LogP contribution in [0.2, 0.25) is 0 Å². The summed E-state index contributed by atoms with van der Waals surface area (Å²) in [5, 5.41) is 3.19. The summed E-state index contributed by atoms with van der Waals surface area (Å²) in [6.45, 7) is 8.53. The van der Waals surface area contributed by atoms with Gasteiger partial charge in [-0.25, -0.2) is 8.78 Å². The molecule has 0 radical (unpaired) electrons. The van der Waals surface area contributed by atoms with Gasteiger partial charge in [-0.2, -0.15) is 0 Å². The Morgan fingerprint density at radius 2 is 1.89 bits per heavy atom. The van der Waals surface area contributed by atoms with Gasteiger partial charge in [0, 0.05) is 11.6 Å². The molecule has 0 amide bonds. The second-order valence-electron chi connectivity index (χ2n) is 4.95. The molecule has 1 rings (SSSR count). The molecular formula is C15H23F2N. The summed E-state index contributed by atoms with van der Waals surface area (Å²) in [6.07, 6.45) is 1.76. The third-order valence-electron chi connectivity index (χ3n) is 3.45. The molecule has 102 valence electrons. The first kappa shape index (κ1) is 15.1. The molecule has 0 saturated carbocycles. The Morgan fingerprint density at radius 1 is 1.22 bits per heavy atom. The van der Waals surface area contributed by atoms with E-state index in [1.165, 1.54) is 12.1 Å². The van der Waals surface area contributed by atoms with E-state index in [1.54, 1.807) is 6.92 Å². The minimum Gasteiger partial charge on any atom is -0.310 e. The normalized spacial score (nSPS) is 14.6. The molecule has 0 aliphatic heterocycles. The summed E-state index contributed by atoms with van der Waals surface area (Å²) < 4.78 is 28.0. The highest BCUT2D eigenvalue weighted by Crippen LogP contribution is 2.28. The fourth-order valence-corrected chi connectivity index (χ4v) is 2.12. The number of hydrogen-bond donors (Lipinski definition) is 1. The standard InChI is InChI=1S/C15H23F2N/c1-5-10(3)9-13(18-6-2)14-12(16)8-7-11(4)15(14)17/h7-8,10,13,18H,5-6,9H2,1-4H3. The first-order valence-corrected chi connectivity index (χ1v) is 6.69. The Labute approximate surface area is 109 Å². The van der Waals surface area contributed by atoms with Gasteiger partial charge < -0.3 is 5.32 Å². The van der Waals surface area contributed by atoms with Crippen molar-refractivity contribution in [3.05, 3.63) is 34.9 Å². The summed E-state index contributed by atoms with van der Waals surface area (Å²) in [7, 11) is 0. The predicted molar refractivity (Wildman–Crippen MR) is 71.6 cm³/mol. The largest absolute Gasteiger partial charge is 0.310 e. The third-order valence-corrected chi connectivity index (χ3v) is 3.45. The molecule has 0 aliphatic rings. The van der Waals surface area contributed by atoms with E-state index in [9.17, 15) is 8.78 Å². The molecule has 0 bridgehead atoms. The summed E-state index contributed by atoms with van der Waals surface area (Å²) >= 11 is 0. The van der Waals surface area contributed by atoms with Gasteiger partial charge in [-0.3, -0.25) is 0 Å². The van der Waals surface area contributed by atoms with Crippen LogP contribution in [0.3, 0.4) is 0 Å². The van der Waals surface area contributed by atoms with Crippen molar-refractivity contribution in [3.8, 4) is 0 Å². The minimum absolute atomic E-state index is 0.192. The Kier molecular flexibility index (Phi) is 5.73. The lowest BCUT2D eigenvalue weighted by Gasteiger charge is -2.23. The third kappa shape index (κ3) is 3.52. The van der Waals surface area contributed by atoms with E-state index < -0.39 is 11.6 Å². The highest BCUT2D eigenvalue weighted by Gasteiger charge is 2.22. The number of halogens is 2. The van der Waals surface area contributed by atoms with Crippen LogP contribution in [0.1, 0.15) is 50.8 Å². The molecule has 1 N–H and O–H groups in total. The number of hydrogen-bond acceptors (Lipinski definition) is 1. The molecule has 1 aromatic carbocycles. The van der Waals surface area contributed by atoms with E-state index in [0.717, 1.165) is 12.8 Å². The zero-order chi connectivity index (χ0) is 13.7. The SMILES string of the molecule is CCNC(CC(C)CC)c1c(F)ccc(C)c1F. The lowest BCUT2D eigenvalue weighted by Crippen LogP contribution is -2.25. The lowest BCUT2D eigenvalue weighted by atomic mass is 9.92. The van der Waals surface area contributed by atoms with Crippen molar-refractivity contribution in [1.29, 1.82) is 0 Å². The maximum Gasteiger partial charge on any atom is 0.133 e. The van der Waals surface area contributed by atoms with E-state index in [4.69, 9.17) is 0 Å². The molecule has 0 heterocycles. The van der Waals surface area contributed by atoms with Crippen LogP contribution < -0.4 is 5.32 Å². The monoisotopic (exact) mass is 255 g/mol. The van der Waals surface area contributed by atoms with Gasteiger partial charge in [0.15, 0.2) is 0 Å². The highest BCUT2D eigenvalue weighted by molar-refractivity contribution is 5.29. The van der Waals surface area contributed by atoms with Gasteiger partial charge >= 0.3 is 0 Å². The second kappa shape index (κ2) is 6.83. The van der Waals surface area contributed by atoms with Crippen LogP contribution in [0.4, 0.5) is 8.78 Å². The average Bonchev–Trinajstić information content (AvgIpc) is 2.34. The maximum absolute atomic E-state index is 14.1. The number of nitrogens with one attached hydrogen (secondary N) is 1. The highest BCUT2D eigenvalue weighted by atomic mass is 19.1. The molecule has 2 unspecified atom stereocenters. The summed E-state index contributed by atoms with van der Waals surface area (Å²) in [4.78, 5) is 0. The number of benzene rings is 1. The van der Waals surface area contributed by atoms with E-state index in [0.29, 0.717) is 18.0 Å². The molecule has 3 heteroatoms. The van der Waals surface area contributed by atoms with Crippen LogP contribution in [0.25, 0.3) is 0 Å². The van der Waals surface area contributed by atoms with Crippen molar-refractivity contribution in [1.82, 2.24) is 5.32 Å². The first-order chi connectivity index (χ1) is 8.51. The molecule has 0 aromatic heterocycles. The van der Waals surface area contributed by atoms with Crippen LogP contribution in [-0.4, -0.2) is 6.54 Å². The van der Waals surface area contributed by atoms with Crippen molar-refractivity contribution in [3.63, 3.8) is 0 Å². The van der Waals surface area contributed by atoms with E-state index in [1.807, 2.05) is 6.92 Å². The van der Waals surface area contributed by atoms with E-state index in [-0.39, 0.29) is 11.6 Å². The van der Waals surface area contributed by atoms with Crippen molar-refractivity contribution >= 4 is 0 Å². The zero-order valence-corrected chi connectivity index (χ0v) is 11.7. The van der Waals surface area contributed by atoms with Gasteiger partial charge in [-0.05, 0) is 37.4 Å². The molecule has 0 spiro atoms. The smallest absolute Gasteiger partial charge is 0.133 e. The molecule has 0 aliphatic carbocycles. The van der Waals surface area contributed by atoms with Crippen LogP contribution in [-0.2, 0) is 0 Å². The van der Waals surface area contributed by atoms with Crippen LogP contribution >= 0.6 is 0 Å². The van der Waals surface area contributed by atoms with Crippen molar-refractivity contribution in [2.75, 3.05) is 6.54 Å². The van der Waals surface area contributed by atoms with Gasteiger partial charge in [0.25, 0.3) is 0 Å². The topological polar surface area (TPSA) is 12.0 Å². The Morgan fingerprint density at radius 3 is 2.44 bits per heavy atom. The zero-order valence-electron chi connectivity index (χ0n) is 11.7. The van der Waals surface area contributed by atoms with Crippen LogP contribution in [0.5, 0.6) is 0 Å². The summed E-state index contributed by atoms with van der Waals surface area (Å²) in [6, 6.07) is 2.60. The van der Waals surface area contributed by atoms with Gasteiger partial charge in [-0.15, -0.1) is 0 Å². The molecule has 0 saturated heterocycles. The van der Waals surface area contributed by atoms with Crippen LogP contribution in [0.15, 0.2) is 12.1 Å². The van der Waals surface area contributed by atoms with Gasteiger partial charge in [0.05, 0.1) is 0 Å². The molecule has 0 fully saturated rings. The lowest BCUT2D eigenvalue weighted by molar-refractivity contribution is 0.384. The average molecular weight is 255 g/mol. The molecule has 18 heavy (non-hydrogen) atoms. The van der Waals surface area contributed by atoms with Crippen molar-refractivity contribution < 1.29 is 8.78 Å². The van der Waals surface area contributed by atoms with Crippen molar-refractivity contribution in [2.24, 2.45) is 5.92 Å². The fourth-order valence-electron chi connectivity index (χ4n) is 2.12. The maximum atomic E-state index is 14.1. The van der Waals surface area contributed by atoms with Crippen LogP contribution in [0, 0.1) is 24.5 Å². The quantitative estimate of drug-likeness (QED) is 0.796. The minimum atomic E-state index is -0.452. The number of rotatable bonds is 6. The van der Waals surface area contributed by atoms with Gasteiger partial charge in [0.2, 0.25) is 0 Å². The Bertz CT molecular complexity index is 390. The second-order valence-corrected chi connectivity index (χ2v) is 4.95. The molecule has 1 aromatic rings. The van der Waals surface area contributed by atoms with Gasteiger partial charge in [0.1, 0.15) is 11.6 Å². The first-order valence-electron chi connectivity index (χ1n) is 6.69. The molecule has 2 atom stereocenters. The Hall–Kier alpha value is -0.960. The van der Waals surface area contributed by atoms with E-state index >= 15 is 0 Å². The number of aryl methyl sites for hydroxylation is 1.